The fourth-order valence-electron chi connectivity index (χ4n) is 8.55. The molecule has 0 radical (unpaired) electrons. The highest BCUT2D eigenvalue weighted by Gasteiger charge is 2.67. The van der Waals surface area contributed by atoms with Gasteiger partial charge in [-0.2, -0.15) is 0 Å². The zero-order valence-electron chi connectivity index (χ0n) is 28.8. The van der Waals surface area contributed by atoms with Gasteiger partial charge in [0.1, 0.15) is 0 Å². The zero-order chi connectivity index (χ0) is 36.1. The summed E-state index contributed by atoms with van der Waals surface area (Å²) in [5.74, 6) is -1.20. The van der Waals surface area contributed by atoms with Gasteiger partial charge in [0.15, 0.2) is 5.60 Å². The summed E-state index contributed by atoms with van der Waals surface area (Å²) in [5, 5.41) is 10.7. The molecular formula is C40H41ClFN3O5Si. The fourth-order valence-corrected chi connectivity index (χ4v) is 11.2. The Morgan fingerprint density at radius 3 is 2.43 bits per heavy atom. The molecule has 0 saturated carbocycles. The number of hydrogen-bond acceptors (Lipinski definition) is 5. The molecule has 8 nitrogen and oxygen atoms in total. The third-order valence-electron chi connectivity index (χ3n) is 10.9. The smallest absolute Gasteiger partial charge is 0.264 e. The van der Waals surface area contributed by atoms with Crippen LogP contribution in [0.15, 0.2) is 97.1 Å². The minimum absolute atomic E-state index is 0.123. The lowest BCUT2D eigenvalue weighted by molar-refractivity contribution is -0.151. The lowest BCUT2D eigenvalue weighted by atomic mass is 9.82. The van der Waals surface area contributed by atoms with Gasteiger partial charge in [0.25, 0.3) is 5.91 Å². The molecule has 4 aromatic carbocycles. The number of aliphatic hydroxyl groups excluding tert-OH is 1. The summed E-state index contributed by atoms with van der Waals surface area (Å²) in [6.07, 6.45) is 0.280. The molecule has 3 heterocycles. The van der Waals surface area contributed by atoms with Crippen LogP contribution in [0.1, 0.15) is 35.6 Å². The first kappa shape index (κ1) is 35.1. The van der Waals surface area contributed by atoms with Crippen LogP contribution in [0.25, 0.3) is 0 Å². The Kier molecular flexibility index (Phi) is 9.39. The van der Waals surface area contributed by atoms with Crippen LogP contribution < -0.4 is 9.80 Å². The number of halogens is 2. The van der Waals surface area contributed by atoms with Gasteiger partial charge < -0.3 is 23.8 Å². The summed E-state index contributed by atoms with van der Waals surface area (Å²) < 4.78 is 23.3. The highest BCUT2D eigenvalue weighted by atomic mass is 35.5. The maximum atomic E-state index is 16.5. The maximum absolute atomic E-state index is 16.5. The molecule has 0 bridgehead atoms. The summed E-state index contributed by atoms with van der Waals surface area (Å²) in [4.78, 5) is 46.0. The summed E-state index contributed by atoms with van der Waals surface area (Å²) in [6, 6.07) is 29.4. The average molecular weight is 726 g/mol. The average Bonchev–Trinajstić information content (AvgIpc) is 3.54. The second kappa shape index (κ2) is 13.6. The molecule has 7 rings (SSSR count). The first-order valence-electron chi connectivity index (χ1n) is 17.3. The molecule has 11 heteroatoms. The van der Waals surface area contributed by atoms with Crippen LogP contribution in [0.4, 0.5) is 21.2 Å². The standard InChI is InChI=1S/C40H41ClFN3O5Si/c1-26-38(51(2,3)42)36(21-37(48)43-23-29-12-8-7-11-28(29)19-33(43)24-46)50-40(26)34-20-30(41)16-17-35(34)44(39(40)49)22-27-10-9-15-32(18-27)45(25-47)31-13-5-4-6-14-31/h4-18,20,25-26,33,36,38,46H,19,21-24H2,1-3H3/t26-,33+,36+,38-,40+/m1/s1. The van der Waals surface area contributed by atoms with E-state index >= 15 is 4.11 Å². The van der Waals surface area contributed by atoms with E-state index in [2.05, 4.69) is 0 Å². The number of hydrogen-bond donors (Lipinski definition) is 1. The molecule has 1 saturated heterocycles. The van der Waals surface area contributed by atoms with Crippen LogP contribution in [-0.4, -0.2) is 55.4 Å². The van der Waals surface area contributed by atoms with Crippen molar-refractivity contribution in [3.8, 4) is 0 Å². The molecule has 264 valence electrons. The molecule has 4 aromatic rings. The lowest BCUT2D eigenvalue weighted by Gasteiger charge is -2.37. The van der Waals surface area contributed by atoms with Gasteiger partial charge in [-0.25, -0.2) is 0 Å². The van der Waals surface area contributed by atoms with E-state index in [1.165, 1.54) is 4.90 Å². The number of benzene rings is 4. The van der Waals surface area contributed by atoms with Gasteiger partial charge in [-0.05, 0) is 78.7 Å². The van der Waals surface area contributed by atoms with Gasteiger partial charge in [-0.15, -0.1) is 0 Å². The van der Waals surface area contributed by atoms with Crippen LogP contribution in [0.2, 0.25) is 23.7 Å². The SMILES string of the molecule is C[C@@H]1[C@@H]([Si](C)(C)F)[C@H](CC(=O)N2Cc3ccccc3C[C@H]2CO)O[C@@]12C(=O)N(Cc1cccc(N(C=O)c3ccccc3)c1)c1ccc(Cl)cc12. The Balaban J connectivity index is 1.22. The van der Waals surface area contributed by atoms with E-state index in [1.54, 1.807) is 41.1 Å². The van der Waals surface area contributed by atoms with Crippen LogP contribution in [-0.2, 0) is 44.2 Å². The van der Waals surface area contributed by atoms with Gasteiger partial charge >= 0.3 is 0 Å². The van der Waals surface area contributed by atoms with Gasteiger partial charge in [0.2, 0.25) is 20.7 Å². The molecule has 51 heavy (non-hydrogen) atoms. The first-order chi connectivity index (χ1) is 24.5. The van der Waals surface area contributed by atoms with Crippen molar-refractivity contribution in [1.82, 2.24) is 4.90 Å². The molecule has 1 fully saturated rings. The number of amides is 3. The second-order valence-electron chi connectivity index (χ2n) is 14.3. The molecule has 3 aliphatic rings. The summed E-state index contributed by atoms with van der Waals surface area (Å²) >= 11 is 6.57. The zero-order valence-corrected chi connectivity index (χ0v) is 30.6. The number of anilines is 3. The van der Waals surface area contributed by atoms with Crippen LogP contribution >= 0.6 is 11.6 Å². The predicted molar refractivity (Wildman–Crippen MR) is 198 cm³/mol. The van der Waals surface area contributed by atoms with Crippen molar-refractivity contribution in [2.75, 3.05) is 16.4 Å². The van der Waals surface area contributed by atoms with E-state index in [9.17, 15) is 19.5 Å². The maximum Gasteiger partial charge on any atom is 0.264 e. The minimum Gasteiger partial charge on any atom is -0.394 e. The third-order valence-corrected chi connectivity index (χ3v) is 13.5. The molecular weight excluding hydrogens is 685 g/mol. The Bertz CT molecular complexity index is 1980. The van der Waals surface area contributed by atoms with Crippen molar-refractivity contribution < 1.29 is 28.3 Å². The van der Waals surface area contributed by atoms with Crippen molar-refractivity contribution in [2.24, 2.45) is 5.92 Å². The molecule has 1 spiro atoms. The predicted octanol–water partition coefficient (Wildman–Crippen LogP) is 7.29. The van der Waals surface area contributed by atoms with Crippen LogP contribution in [0.3, 0.4) is 0 Å². The fraction of sp³-hybridized carbons (Fsp3) is 0.325. The van der Waals surface area contributed by atoms with E-state index in [4.69, 9.17) is 16.3 Å². The number of aliphatic hydroxyl groups is 1. The molecule has 3 aliphatic heterocycles. The van der Waals surface area contributed by atoms with Crippen LogP contribution in [0.5, 0.6) is 0 Å². The Morgan fingerprint density at radius 2 is 1.73 bits per heavy atom. The quantitative estimate of drug-likeness (QED) is 0.111. The van der Waals surface area contributed by atoms with Crippen molar-refractivity contribution >= 4 is 55.3 Å². The lowest BCUT2D eigenvalue weighted by Crippen LogP contribution is -2.48. The topological polar surface area (TPSA) is 90.4 Å². The van der Waals surface area contributed by atoms with Crippen molar-refractivity contribution in [2.45, 2.75) is 69.2 Å². The first-order valence-corrected chi connectivity index (χ1v) is 20.6. The number of fused-ring (bicyclic) bond motifs is 3. The van der Waals surface area contributed by atoms with Crippen LogP contribution in [0, 0.1) is 5.92 Å². The van der Waals surface area contributed by atoms with E-state index in [0.717, 1.165) is 23.1 Å². The molecule has 1 N–H and O–H groups in total. The van der Waals surface area contributed by atoms with E-state index in [1.807, 2.05) is 85.8 Å². The third kappa shape index (κ3) is 6.18. The highest BCUT2D eigenvalue weighted by molar-refractivity contribution is 6.72. The monoisotopic (exact) mass is 725 g/mol. The van der Waals surface area contributed by atoms with E-state index in [-0.39, 0.29) is 31.4 Å². The number of carbonyl (C=O) groups excluding carboxylic acids is 3. The largest absolute Gasteiger partial charge is 0.394 e. The Hall–Kier alpha value is -4.35. The number of nitrogens with zero attached hydrogens (tertiary/aromatic N) is 3. The van der Waals surface area contributed by atoms with Gasteiger partial charge in [-0.3, -0.25) is 19.3 Å². The molecule has 0 aromatic heterocycles. The molecule has 0 unspecified atom stereocenters. The minimum atomic E-state index is -3.55. The Morgan fingerprint density at radius 1 is 1.02 bits per heavy atom. The van der Waals surface area contributed by atoms with Gasteiger partial charge in [0, 0.05) is 40.0 Å². The molecule has 3 amide bonds. The highest BCUT2D eigenvalue weighted by Crippen LogP contribution is 2.60. The summed E-state index contributed by atoms with van der Waals surface area (Å²) in [7, 11) is -3.55. The summed E-state index contributed by atoms with van der Waals surface area (Å²) in [5.41, 5.74) is 3.14. The van der Waals surface area contributed by atoms with E-state index < -0.39 is 37.6 Å². The molecule has 0 aliphatic carbocycles. The van der Waals surface area contributed by atoms with Crippen molar-refractivity contribution in [3.05, 3.63) is 124 Å². The summed E-state index contributed by atoms with van der Waals surface area (Å²) in [6.45, 7) is 5.37. The van der Waals surface area contributed by atoms with Crippen molar-refractivity contribution in [1.29, 1.82) is 0 Å². The van der Waals surface area contributed by atoms with Crippen molar-refractivity contribution in [3.63, 3.8) is 0 Å². The second-order valence-corrected chi connectivity index (χ2v) is 18.6. The Labute approximate surface area is 303 Å². The number of rotatable bonds is 9. The number of ether oxygens (including phenoxy) is 1. The molecule has 5 atom stereocenters. The number of para-hydroxylation sites is 1. The number of carbonyl (C=O) groups is 3. The van der Waals surface area contributed by atoms with E-state index in [0.29, 0.717) is 40.6 Å². The van der Waals surface area contributed by atoms with Gasteiger partial charge in [0.05, 0.1) is 37.4 Å². The van der Waals surface area contributed by atoms with Gasteiger partial charge in [-0.1, -0.05) is 73.1 Å². The normalized spacial score (nSPS) is 24.1.